The fraction of sp³-hybridized carbons (Fsp3) is 0.421. The molecule has 0 bridgehead atoms. The number of aryl methyl sites for hydroxylation is 1. The molecule has 0 saturated heterocycles. The summed E-state index contributed by atoms with van der Waals surface area (Å²) in [5.41, 5.74) is 6.91. The van der Waals surface area contributed by atoms with E-state index in [9.17, 15) is 9.59 Å². The molecule has 1 heterocycles. The summed E-state index contributed by atoms with van der Waals surface area (Å²) < 4.78 is 4.69. The molecule has 0 radical (unpaired) electrons. The van der Waals surface area contributed by atoms with E-state index in [1.807, 2.05) is 0 Å². The molecule has 0 aliphatic heterocycles. The summed E-state index contributed by atoms with van der Waals surface area (Å²) in [5, 5.41) is 13.0. The number of hydrogen-bond acceptors (Lipinski definition) is 7. The summed E-state index contributed by atoms with van der Waals surface area (Å²) in [6.45, 7) is 4.54. The van der Waals surface area contributed by atoms with Crippen molar-refractivity contribution in [2.75, 3.05) is 12.3 Å². The van der Waals surface area contributed by atoms with Gasteiger partial charge in [0.05, 0.1) is 5.69 Å². The predicted molar refractivity (Wildman–Crippen MR) is 123 cm³/mol. The number of rotatable bonds is 5. The lowest BCUT2D eigenvalue weighted by Crippen LogP contribution is -2.34. The highest BCUT2D eigenvalue weighted by atomic mass is 35.5. The van der Waals surface area contributed by atoms with Gasteiger partial charge >= 0.3 is 11.9 Å². The zero-order valence-electron chi connectivity index (χ0n) is 16.8. The number of nitrogens with two attached hydrogens (primary N) is 1. The van der Waals surface area contributed by atoms with Gasteiger partial charge in [0.2, 0.25) is 0 Å². The van der Waals surface area contributed by atoms with Crippen molar-refractivity contribution in [2.24, 2.45) is 0 Å². The quantitative estimate of drug-likeness (QED) is 0.439. The SMILES string of the molecule is CC(=O)Oc1ccccc1C(=O)O.CCCN[C@H]1CCc2nc(N)sc2C1.Cl.Cl.O. The van der Waals surface area contributed by atoms with E-state index in [1.165, 1.54) is 42.5 Å². The van der Waals surface area contributed by atoms with Crippen molar-refractivity contribution in [1.82, 2.24) is 10.3 Å². The van der Waals surface area contributed by atoms with Gasteiger partial charge in [0.25, 0.3) is 0 Å². The van der Waals surface area contributed by atoms with Crippen LogP contribution in [0.25, 0.3) is 0 Å². The van der Waals surface area contributed by atoms with Crippen LogP contribution in [0.1, 0.15) is 47.6 Å². The van der Waals surface area contributed by atoms with Crippen LogP contribution in [-0.2, 0) is 17.6 Å². The molecule has 0 fully saturated rings. The Kier molecular flexibility index (Phi) is 15.1. The van der Waals surface area contributed by atoms with Crippen LogP contribution in [0.5, 0.6) is 5.75 Å². The first-order valence-corrected chi connectivity index (χ1v) is 9.70. The van der Waals surface area contributed by atoms with Crippen molar-refractivity contribution < 1.29 is 24.9 Å². The number of hydrogen-bond donors (Lipinski definition) is 3. The van der Waals surface area contributed by atoms with Crippen molar-refractivity contribution in [3.8, 4) is 5.75 Å². The van der Waals surface area contributed by atoms with Crippen LogP contribution in [-0.4, -0.2) is 40.1 Å². The molecule has 6 N–H and O–H groups in total. The number of aromatic carboxylic acids is 1. The molecule has 0 saturated carbocycles. The number of esters is 1. The molecule has 11 heteroatoms. The van der Waals surface area contributed by atoms with Crippen LogP contribution in [0.2, 0.25) is 0 Å². The van der Waals surface area contributed by atoms with Crippen LogP contribution < -0.4 is 15.8 Å². The molecular weight excluding hydrogens is 453 g/mol. The first-order valence-electron chi connectivity index (χ1n) is 8.88. The minimum Gasteiger partial charge on any atom is -0.478 e. The van der Waals surface area contributed by atoms with Crippen LogP contribution in [0.4, 0.5) is 5.13 Å². The topological polar surface area (TPSA) is 146 Å². The monoisotopic (exact) mass is 481 g/mol. The molecule has 8 nitrogen and oxygen atoms in total. The Labute approximate surface area is 192 Å². The van der Waals surface area contributed by atoms with E-state index in [1.54, 1.807) is 23.5 Å². The molecular formula is C19H29Cl2N3O5S. The van der Waals surface area contributed by atoms with Gasteiger partial charge in [-0.2, -0.15) is 0 Å². The van der Waals surface area contributed by atoms with Gasteiger partial charge < -0.3 is 26.4 Å². The van der Waals surface area contributed by atoms with E-state index >= 15 is 0 Å². The highest BCUT2D eigenvalue weighted by Gasteiger charge is 2.21. The number of nitrogens with zero attached hydrogens (tertiary/aromatic N) is 1. The average Bonchev–Trinajstić information content (AvgIpc) is 2.99. The Morgan fingerprint density at radius 1 is 1.33 bits per heavy atom. The number of aromatic nitrogens is 1. The number of fused-ring (bicyclic) bond motifs is 1. The molecule has 1 aliphatic carbocycles. The Morgan fingerprint density at radius 3 is 2.60 bits per heavy atom. The van der Waals surface area contributed by atoms with Crippen molar-refractivity contribution in [3.05, 3.63) is 40.4 Å². The number of para-hydroxylation sites is 1. The van der Waals surface area contributed by atoms with Crippen LogP contribution >= 0.6 is 36.2 Å². The highest BCUT2D eigenvalue weighted by Crippen LogP contribution is 2.28. The molecule has 0 amide bonds. The molecule has 2 aromatic rings. The summed E-state index contributed by atoms with van der Waals surface area (Å²) >= 11 is 1.65. The maximum atomic E-state index is 10.6. The van der Waals surface area contributed by atoms with Gasteiger partial charge in [-0.05, 0) is 44.4 Å². The summed E-state index contributed by atoms with van der Waals surface area (Å²) in [6.07, 6.45) is 4.61. The van der Waals surface area contributed by atoms with E-state index in [0.29, 0.717) is 6.04 Å². The lowest BCUT2D eigenvalue weighted by molar-refractivity contribution is -0.131. The summed E-state index contributed by atoms with van der Waals surface area (Å²) in [5.74, 6) is -1.58. The number of benzene rings is 1. The Bertz CT molecular complexity index is 804. The number of carboxylic acid groups (broad SMARTS) is 1. The Hall–Kier alpha value is -1.91. The third-order valence-electron chi connectivity index (χ3n) is 4.01. The number of carbonyl (C=O) groups is 2. The van der Waals surface area contributed by atoms with Gasteiger partial charge in [0.15, 0.2) is 5.13 Å². The number of nitrogens with one attached hydrogen (secondary N) is 1. The molecule has 1 aromatic heterocycles. The molecule has 1 aliphatic rings. The number of anilines is 1. The molecule has 0 spiro atoms. The zero-order valence-corrected chi connectivity index (χ0v) is 19.3. The fourth-order valence-corrected chi connectivity index (χ4v) is 3.76. The smallest absolute Gasteiger partial charge is 0.339 e. The third kappa shape index (κ3) is 9.27. The van der Waals surface area contributed by atoms with E-state index in [-0.39, 0.29) is 41.6 Å². The van der Waals surface area contributed by atoms with Crippen molar-refractivity contribution in [3.63, 3.8) is 0 Å². The van der Waals surface area contributed by atoms with Crippen molar-refractivity contribution in [2.45, 2.75) is 45.6 Å². The van der Waals surface area contributed by atoms with Gasteiger partial charge in [-0.25, -0.2) is 9.78 Å². The third-order valence-corrected chi connectivity index (χ3v) is 4.96. The van der Waals surface area contributed by atoms with E-state index < -0.39 is 11.9 Å². The highest BCUT2D eigenvalue weighted by molar-refractivity contribution is 7.15. The lowest BCUT2D eigenvalue weighted by atomic mass is 9.98. The first-order chi connectivity index (χ1) is 12.9. The average molecular weight is 482 g/mol. The zero-order chi connectivity index (χ0) is 19.8. The van der Waals surface area contributed by atoms with E-state index in [0.717, 1.165) is 24.5 Å². The van der Waals surface area contributed by atoms with E-state index in [4.69, 9.17) is 10.8 Å². The number of nitrogen functional groups attached to an aromatic ring is 1. The van der Waals surface area contributed by atoms with Gasteiger partial charge in [0.1, 0.15) is 11.3 Å². The Morgan fingerprint density at radius 2 is 2.00 bits per heavy atom. The normalized spacial score (nSPS) is 13.7. The number of halogens is 2. The number of ether oxygens (including phenoxy) is 1. The molecule has 30 heavy (non-hydrogen) atoms. The summed E-state index contributed by atoms with van der Waals surface area (Å²) in [7, 11) is 0. The maximum absolute atomic E-state index is 10.6. The van der Waals surface area contributed by atoms with Gasteiger partial charge in [-0.3, -0.25) is 4.79 Å². The standard InChI is InChI=1S/C10H17N3S.C9H8O4.2ClH.H2O/c1-2-5-12-7-3-4-8-9(6-7)14-10(11)13-8;1-6(10)13-8-5-3-2-4-7(8)9(11)12;;;/h7,12H,2-6H2,1H3,(H2,11,13);2-5H,1H3,(H,11,12);2*1H;1H2/t7-;;;;/m0..../s1. The largest absolute Gasteiger partial charge is 0.478 e. The number of thiazole rings is 1. The minimum absolute atomic E-state index is 0. The van der Waals surface area contributed by atoms with E-state index in [2.05, 4.69) is 22.0 Å². The van der Waals surface area contributed by atoms with Gasteiger partial charge in [0, 0.05) is 17.8 Å². The Balaban J connectivity index is 0. The molecule has 1 aromatic carbocycles. The predicted octanol–water partition coefficient (Wildman–Crippen LogP) is 2.91. The fourth-order valence-electron chi connectivity index (χ4n) is 2.80. The number of carbonyl (C=O) groups excluding carboxylic acids is 1. The molecule has 1 atom stereocenters. The van der Waals surface area contributed by atoms with Crippen LogP contribution in [0, 0.1) is 0 Å². The van der Waals surface area contributed by atoms with Crippen LogP contribution in [0.3, 0.4) is 0 Å². The second-order valence-electron chi connectivity index (χ2n) is 6.21. The first kappa shape index (κ1) is 30.3. The lowest BCUT2D eigenvalue weighted by Gasteiger charge is -2.21. The molecule has 0 unspecified atom stereocenters. The van der Waals surface area contributed by atoms with Gasteiger partial charge in [-0.15, -0.1) is 36.2 Å². The van der Waals surface area contributed by atoms with Gasteiger partial charge in [-0.1, -0.05) is 19.1 Å². The molecule has 170 valence electrons. The second-order valence-corrected chi connectivity index (χ2v) is 7.33. The molecule has 3 rings (SSSR count). The minimum atomic E-state index is -1.11. The van der Waals surface area contributed by atoms with Crippen LogP contribution in [0.15, 0.2) is 24.3 Å². The summed E-state index contributed by atoms with van der Waals surface area (Å²) in [4.78, 5) is 26.9. The summed E-state index contributed by atoms with van der Waals surface area (Å²) in [6, 6.07) is 6.62. The maximum Gasteiger partial charge on any atom is 0.339 e. The second kappa shape index (κ2) is 15.0. The number of carboxylic acids is 1. The van der Waals surface area contributed by atoms with Crippen molar-refractivity contribution in [1.29, 1.82) is 0 Å². The van der Waals surface area contributed by atoms with Crippen molar-refractivity contribution >= 4 is 53.2 Å².